The van der Waals surface area contributed by atoms with E-state index in [0.717, 1.165) is 30.0 Å². The predicted molar refractivity (Wildman–Crippen MR) is 110 cm³/mol. The SMILES string of the molecule is Cc1ccc(N2C[C@H](c3nc4ccccc4n3CCC(C)C)CC2=O)cc1. The first-order chi connectivity index (χ1) is 13.0. The molecule has 0 unspecified atom stereocenters. The van der Waals surface area contributed by atoms with Crippen LogP contribution in [0.3, 0.4) is 0 Å². The number of carbonyl (C=O) groups is 1. The van der Waals surface area contributed by atoms with E-state index >= 15 is 0 Å². The number of amides is 1. The third kappa shape index (κ3) is 3.48. The van der Waals surface area contributed by atoms with Crippen molar-refractivity contribution in [3.8, 4) is 0 Å². The van der Waals surface area contributed by atoms with Crippen LogP contribution in [0, 0.1) is 12.8 Å². The molecule has 1 aliphatic rings. The number of para-hydroxylation sites is 2. The number of aromatic nitrogens is 2. The molecule has 1 fully saturated rings. The van der Waals surface area contributed by atoms with E-state index in [1.807, 2.05) is 23.1 Å². The number of fused-ring (bicyclic) bond motifs is 1. The quantitative estimate of drug-likeness (QED) is 0.647. The second-order valence-electron chi connectivity index (χ2n) is 8.03. The summed E-state index contributed by atoms with van der Waals surface area (Å²) in [6.07, 6.45) is 1.63. The number of hydrogen-bond donors (Lipinski definition) is 0. The largest absolute Gasteiger partial charge is 0.328 e. The van der Waals surface area contributed by atoms with Gasteiger partial charge in [-0.3, -0.25) is 4.79 Å². The molecule has 140 valence electrons. The van der Waals surface area contributed by atoms with Gasteiger partial charge in [0.05, 0.1) is 11.0 Å². The fourth-order valence-electron chi connectivity index (χ4n) is 3.88. The molecule has 0 N–H and O–H groups in total. The number of anilines is 1. The topological polar surface area (TPSA) is 38.1 Å². The summed E-state index contributed by atoms with van der Waals surface area (Å²) in [6.45, 7) is 8.21. The molecule has 1 atom stereocenters. The van der Waals surface area contributed by atoms with Crippen molar-refractivity contribution < 1.29 is 4.79 Å². The summed E-state index contributed by atoms with van der Waals surface area (Å²) in [4.78, 5) is 19.6. The third-order valence-corrected chi connectivity index (χ3v) is 5.45. The van der Waals surface area contributed by atoms with Crippen molar-refractivity contribution in [2.75, 3.05) is 11.4 Å². The molecule has 27 heavy (non-hydrogen) atoms. The lowest BCUT2D eigenvalue weighted by Crippen LogP contribution is -2.24. The van der Waals surface area contributed by atoms with E-state index in [0.29, 0.717) is 18.9 Å². The Labute approximate surface area is 160 Å². The Morgan fingerprint density at radius 2 is 1.85 bits per heavy atom. The van der Waals surface area contributed by atoms with Gasteiger partial charge in [-0.15, -0.1) is 0 Å². The second-order valence-corrected chi connectivity index (χ2v) is 8.03. The van der Waals surface area contributed by atoms with Crippen LogP contribution in [-0.2, 0) is 11.3 Å². The predicted octanol–water partition coefficient (Wildman–Crippen LogP) is 4.91. The van der Waals surface area contributed by atoms with Gasteiger partial charge in [0.15, 0.2) is 0 Å². The molecule has 1 saturated heterocycles. The Morgan fingerprint density at radius 1 is 1.11 bits per heavy atom. The molecule has 0 spiro atoms. The minimum atomic E-state index is 0.137. The van der Waals surface area contributed by atoms with Crippen LogP contribution in [0.1, 0.15) is 44.0 Å². The molecular weight excluding hydrogens is 334 g/mol. The van der Waals surface area contributed by atoms with Crippen LogP contribution in [0.4, 0.5) is 5.69 Å². The summed E-state index contributed by atoms with van der Waals surface area (Å²) in [5.41, 5.74) is 4.39. The highest BCUT2D eigenvalue weighted by Crippen LogP contribution is 2.33. The van der Waals surface area contributed by atoms with Crippen molar-refractivity contribution >= 4 is 22.6 Å². The van der Waals surface area contributed by atoms with Crippen molar-refractivity contribution in [1.29, 1.82) is 0 Å². The molecule has 4 heteroatoms. The molecule has 1 aromatic heterocycles. The van der Waals surface area contributed by atoms with Crippen molar-refractivity contribution in [2.45, 2.75) is 46.1 Å². The normalized spacial score (nSPS) is 17.4. The molecule has 0 radical (unpaired) electrons. The van der Waals surface area contributed by atoms with E-state index in [2.05, 4.69) is 55.7 Å². The standard InChI is InChI=1S/C23H27N3O/c1-16(2)12-13-25-21-7-5-4-6-20(21)24-23(25)18-14-22(27)26(15-18)19-10-8-17(3)9-11-19/h4-11,16,18H,12-15H2,1-3H3/t18-/m1/s1. The average molecular weight is 361 g/mol. The van der Waals surface area contributed by atoms with Gasteiger partial charge in [-0.1, -0.05) is 43.7 Å². The Balaban J connectivity index is 1.66. The number of benzene rings is 2. The fourth-order valence-corrected chi connectivity index (χ4v) is 3.88. The highest BCUT2D eigenvalue weighted by molar-refractivity contribution is 5.96. The van der Waals surface area contributed by atoms with Crippen molar-refractivity contribution in [3.63, 3.8) is 0 Å². The summed E-state index contributed by atoms with van der Waals surface area (Å²) < 4.78 is 2.34. The van der Waals surface area contributed by atoms with Crippen LogP contribution in [0.25, 0.3) is 11.0 Å². The van der Waals surface area contributed by atoms with Crippen molar-refractivity contribution in [3.05, 3.63) is 59.9 Å². The zero-order valence-corrected chi connectivity index (χ0v) is 16.4. The van der Waals surface area contributed by atoms with E-state index in [1.165, 1.54) is 11.1 Å². The summed E-state index contributed by atoms with van der Waals surface area (Å²) in [6, 6.07) is 16.5. The van der Waals surface area contributed by atoms with Gasteiger partial charge in [0.1, 0.15) is 5.82 Å². The van der Waals surface area contributed by atoms with Gasteiger partial charge in [0.25, 0.3) is 0 Å². The number of imidazole rings is 1. The van der Waals surface area contributed by atoms with E-state index in [4.69, 9.17) is 4.98 Å². The van der Waals surface area contributed by atoms with Gasteiger partial charge in [-0.2, -0.15) is 0 Å². The van der Waals surface area contributed by atoms with E-state index in [9.17, 15) is 4.79 Å². The molecular formula is C23H27N3O. The van der Waals surface area contributed by atoms with Crippen LogP contribution >= 0.6 is 0 Å². The lowest BCUT2D eigenvalue weighted by Gasteiger charge is -2.18. The first-order valence-corrected chi connectivity index (χ1v) is 9.85. The Kier molecular flexibility index (Phi) is 4.73. The van der Waals surface area contributed by atoms with E-state index < -0.39 is 0 Å². The first kappa shape index (κ1) is 17.8. The van der Waals surface area contributed by atoms with Crippen LogP contribution < -0.4 is 4.90 Å². The van der Waals surface area contributed by atoms with Crippen LogP contribution in [0.15, 0.2) is 48.5 Å². The second kappa shape index (κ2) is 7.18. The Hall–Kier alpha value is -2.62. The van der Waals surface area contributed by atoms with Gasteiger partial charge in [0, 0.05) is 31.1 Å². The maximum absolute atomic E-state index is 12.7. The van der Waals surface area contributed by atoms with E-state index in [1.54, 1.807) is 0 Å². The zero-order chi connectivity index (χ0) is 19.0. The summed E-state index contributed by atoms with van der Waals surface area (Å²) >= 11 is 0. The van der Waals surface area contributed by atoms with Gasteiger partial charge in [-0.05, 0) is 43.5 Å². The molecule has 0 aliphatic carbocycles. The highest BCUT2D eigenvalue weighted by Gasteiger charge is 2.34. The molecule has 4 rings (SSSR count). The zero-order valence-electron chi connectivity index (χ0n) is 16.4. The number of carbonyl (C=O) groups excluding carboxylic acids is 1. The van der Waals surface area contributed by atoms with Gasteiger partial charge < -0.3 is 9.47 Å². The van der Waals surface area contributed by atoms with Crippen LogP contribution in [0.2, 0.25) is 0 Å². The number of hydrogen-bond acceptors (Lipinski definition) is 2. The highest BCUT2D eigenvalue weighted by atomic mass is 16.2. The summed E-state index contributed by atoms with van der Waals surface area (Å²) in [5, 5.41) is 0. The first-order valence-electron chi connectivity index (χ1n) is 9.85. The van der Waals surface area contributed by atoms with Crippen LogP contribution in [-0.4, -0.2) is 22.0 Å². The molecule has 4 nitrogen and oxygen atoms in total. The lowest BCUT2D eigenvalue weighted by molar-refractivity contribution is -0.117. The van der Waals surface area contributed by atoms with Crippen molar-refractivity contribution in [2.24, 2.45) is 5.92 Å². The molecule has 1 aliphatic heterocycles. The Bertz CT molecular complexity index is 955. The lowest BCUT2D eigenvalue weighted by atomic mass is 10.1. The third-order valence-electron chi connectivity index (χ3n) is 5.45. The van der Waals surface area contributed by atoms with Crippen LogP contribution in [0.5, 0.6) is 0 Å². The number of aryl methyl sites for hydroxylation is 2. The molecule has 2 aromatic carbocycles. The van der Waals surface area contributed by atoms with Crippen molar-refractivity contribution in [1.82, 2.24) is 9.55 Å². The number of nitrogens with zero attached hydrogens (tertiary/aromatic N) is 3. The molecule has 0 bridgehead atoms. The fraction of sp³-hybridized carbons (Fsp3) is 0.391. The van der Waals surface area contributed by atoms with Gasteiger partial charge in [-0.25, -0.2) is 4.98 Å². The molecule has 3 aromatic rings. The Morgan fingerprint density at radius 3 is 2.59 bits per heavy atom. The van der Waals surface area contributed by atoms with E-state index in [-0.39, 0.29) is 11.8 Å². The molecule has 0 saturated carbocycles. The summed E-state index contributed by atoms with van der Waals surface area (Å²) in [7, 11) is 0. The maximum Gasteiger partial charge on any atom is 0.227 e. The van der Waals surface area contributed by atoms with Gasteiger partial charge >= 0.3 is 0 Å². The maximum atomic E-state index is 12.7. The molecule has 2 heterocycles. The molecule has 1 amide bonds. The minimum Gasteiger partial charge on any atom is -0.328 e. The van der Waals surface area contributed by atoms with Gasteiger partial charge in [0.2, 0.25) is 5.91 Å². The minimum absolute atomic E-state index is 0.137. The summed E-state index contributed by atoms with van der Waals surface area (Å²) in [5.74, 6) is 2.01. The average Bonchev–Trinajstić information content (AvgIpc) is 3.21. The monoisotopic (exact) mass is 361 g/mol. The number of rotatable bonds is 5. The smallest absolute Gasteiger partial charge is 0.227 e.